The zero-order chi connectivity index (χ0) is 16.2. The lowest BCUT2D eigenvalue weighted by molar-refractivity contribution is 0.0939. The standard InChI is InChI=1S/C17H15BrN4O/c1-12(21-17(23)15-4-2-3-5-16(15)18)13-6-8-14(9-7-13)22-11-19-10-20-22/h2-12H,1H3,(H,21,23). The van der Waals surface area contributed by atoms with Gasteiger partial charge in [0.2, 0.25) is 0 Å². The highest BCUT2D eigenvalue weighted by atomic mass is 79.9. The second kappa shape index (κ2) is 6.75. The Morgan fingerprint density at radius 2 is 1.91 bits per heavy atom. The van der Waals surface area contributed by atoms with Crippen LogP contribution < -0.4 is 5.32 Å². The van der Waals surface area contributed by atoms with Crippen molar-refractivity contribution in [1.29, 1.82) is 0 Å². The van der Waals surface area contributed by atoms with Crippen LogP contribution in [0.25, 0.3) is 5.69 Å². The summed E-state index contributed by atoms with van der Waals surface area (Å²) in [7, 11) is 0. The van der Waals surface area contributed by atoms with E-state index >= 15 is 0 Å². The lowest BCUT2D eigenvalue weighted by atomic mass is 10.1. The van der Waals surface area contributed by atoms with Gasteiger partial charge in [-0.1, -0.05) is 24.3 Å². The molecule has 0 saturated heterocycles. The van der Waals surface area contributed by atoms with Crippen LogP contribution in [0.5, 0.6) is 0 Å². The Morgan fingerprint density at radius 3 is 2.57 bits per heavy atom. The highest BCUT2D eigenvalue weighted by Gasteiger charge is 2.13. The molecule has 1 N–H and O–H groups in total. The van der Waals surface area contributed by atoms with Gasteiger partial charge in [-0.2, -0.15) is 5.10 Å². The SMILES string of the molecule is CC(NC(=O)c1ccccc1Br)c1ccc(-n2cncn2)cc1. The smallest absolute Gasteiger partial charge is 0.252 e. The Bertz CT molecular complexity index is 800. The molecule has 116 valence electrons. The van der Waals surface area contributed by atoms with Gasteiger partial charge in [-0.05, 0) is 52.7 Å². The number of nitrogens with one attached hydrogen (secondary N) is 1. The zero-order valence-corrected chi connectivity index (χ0v) is 14.1. The monoisotopic (exact) mass is 370 g/mol. The molecule has 0 fully saturated rings. The van der Waals surface area contributed by atoms with Gasteiger partial charge in [0, 0.05) is 4.47 Å². The summed E-state index contributed by atoms with van der Waals surface area (Å²) in [5.41, 5.74) is 2.57. The Morgan fingerprint density at radius 1 is 1.17 bits per heavy atom. The average molecular weight is 371 g/mol. The molecule has 0 radical (unpaired) electrons. The van der Waals surface area contributed by atoms with Crippen LogP contribution in [0.3, 0.4) is 0 Å². The molecule has 0 spiro atoms. The second-order valence-corrected chi connectivity index (χ2v) is 5.96. The molecule has 3 aromatic rings. The van der Waals surface area contributed by atoms with E-state index in [1.54, 1.807) is 17.1 Å². The van der Waals surface area contributed by atoms with Crippen molar-refractivity contribution < 1.29 is 4.79 Å². The number of aromatic nitrogens is 3. The molecular weight excluding hydrogens is 356 g/mol. The van der Waals surface area contributed by atoms with Crippen LogP contribution in [0, 0.1) is 0 Å². The average Bonchev–Trinajstić information content (AvgIpc) is 3.09. The molecule has 1 amide bonds. The third kappa shape index (κ3) is 3.48. The van der Waals surface area contributed by atoms with Crippen LogP contribution in [-0.2, 0) is 0 Å². The quantitative estimate of drug-likeness (QED) is 0.764. The largest absolute Gasteiger partial charge is 0.345 e. The topological polar surface area (TPSA) is 59.8 Å². The summed E-state index contributed by atoms with van der Waals surface area (Å²) in [5, 5.41) is 7.09. The molecule has 0 saturated carbocycles. The molecule has 5 nitrogen and oxygen atoms in total. The van der Waals surface area contributed by atoms with Crippen molar-refractivity contribution in [2.75, 3.05) is 0 Å². The maximum Gasteiger partial charge on any atom is 0.252 e. The summed E-state index contributed by atoms with van der Waals surface area (Å²) in [6, 6.07) is 15.1. The van der Waals surface area contributed by atoms with E-state index in [0.717, 1.165) is 15.7 Å². The van der Waals surface area contributed by atoms with Gasteiger partial charge in [-0.3, -0.25) is 4.79 Å². The highest BCUT2D eigenvalue weighted by molar-refractivity contribution is 9.10. The van der Waals surface area contributed by atoms with Gasteiger partial charge in [0.1, 0.15) is 12.7 Å². The van der Waals surface area contributed by atoms with Gasteiger partial charge in [0.25, 0.3) is 5.91 Å². The van der Waals surface area contributed by atoms with Gasteiger partial charge in [0.05, 0.1) is 17.3 Å². The Hall–Kier alpha value is -2.47. The first-order valence-electron chi connectivity index (χ1n) is 7.15. The van der Waals surface area contributed by atoms with E-state index in [1.165, 1.54) is 6.33 Å². The zero-order valence-electron chi connectivity index (χ0n) is 12.5. The van der Waals surface area contributed by atoms with Crippen molar-refractivity contribution in [2.45, 2.75) is 13.0 Å². The van der Waals surface area contributed by atoms with Gasteiger partial charge in [-0.25, -0.2) is 9.67 Å². The van der Waals surface area contributed by atoms with Crippen LogP contribution in [0.1, 0.15) is 28.9 Å². The van der Waals surface area contributed by atoms with E-state index in [0.29, 0.717) is 5.56 Å². The minimum atomic E-state index is -0.106. The van der Waals surface area contributed by atoms with E-state index in [-0.39, 0.29) is 11.9 Å². The molecule has 23 heavy (non-hydrogen) atoms. The number of benzene rings is 2. The molecule has 1 heterocycles. The fourth-order valence-corrected chi connectivity index (χ4v) is 2.73. The van der Waals surface area contributed by atoms with Crippen molar-refractivity contribution >= 4 is 21.8 Å². The fraction of sp³-hybridized carbons (Fsp3) is 0.118. The van der Waals surface area contributed by atoms with Crippen LogP contribution in [0.4, 0.5) is 0 Å². The first-order chi connectivity index (χ1) is 11.1. The fourth-order valence-electron chi connectivity index (χ4n) is 2.26. The maximum atomic E-state index is 12.3. The van der Waals surface area contributed by atoms with Gasteiger partial charge < -0.3 is 5.32 Å². The summed E-state index contributed by atoms with van der Waals surface area (Å²) < 4.78 is 2.47. The van der Waals surface area contributed by atoms with Gasteiger partial charge in [-0.15, -0.1) is 0 Å². The molecule has 1 atom stereocenters. The summed E-state index contributed by atoms with van der Waals surface area (Å²) in [5.74, 6) is -0.106. The molecule has 1 unspecified atom stereocenters. The molecule has 2 aromatic carbocycles. The third-order valence-corrected chi connectivity index (χ3v) is 4.23. The minimum Gasteiger partial charge on any atom is -0.345 e. The number of carbonyl (C=O) groups is 1. The summed E-state index contributed by atoms with van der Waals surface area (Å²) in [6.45, 7) is 1.96. The van der Waals surface area contributed by atoms with Gasteiger partial charge >= 0.3 is 0 Å². The van der Waals surface area contributed by atoms with E-state index in [4.69, 9.17) is 0 Å². The van der Waals surface area contributed by atoms with Gasteiger partial charge in [0.15, 0.2) is 0 Å². The summed E-state index contributed by atoms with van der Waals surface area (Å²) in [4.78, 5) is 16.3. The van der Waals surface area contributed by atoms with Crippen molar-refractivity contribution in [3.63, 3.8) is 0 Å². The van der Waals surface area contributed by atoms with Crippen LogP contribution in [0.2, 0.25) is 0 Å². The molecule has 0 aliphatic heterocycles. The normalized spacial score (nSPS) is 11.9. The number of rotatable bonds is 4. The molecule has 3 rings (SSSR count). The highest BCUT2D eigenvalue weighted by Crippen LogP contribution is 2.19. The molecule has 0 aliphatic rings. The first-order valence-corrected chi connectivity index (χ1v) is 7.95. The lowest BCUT2D eigenvalue weighted by Crippen LogP contribution is -2.26. The number of hydrogen-bond donors (Lipinski definition) is 1. The first kappa shape index (κ1) is 15.4. The molecule has 6 heteroatoms. The summed E-state index contributed by atoms with van der Waals surface area (Å²) in [6.07, 6.45) is 3.14. The number of carbonyl (C=O) groups excluding carboxylic acids is 1. The van der Waals surface area contributed by atoms with Crippen molar-refractivity contribution in [3.05, 3.63) is 76.8 Å². The van der Waals surface area contributed by atoms with E-state index in [9.17, 15) is 4.79 Å². The lowest BCUT2D eigenvalue weighted by Gasteiger charge is -2.15. The molecular formula is C17H15BrN4O. The Balaban J connectivity index is 1.72. The van der Waals surface area contributed by atoms with Crippen LogP contribution >= 0.6 is 15.9 Å². The third-order valence-electron chi connectivity index (χ3n) is 3.54. The minimum absolute atomic E-state index is 0.0978. The predicted octanol–water partition coefficient (Wildman–Crippen LogP) is 3.52. The molecule has 0 aliphatic carbocycles. The van der Waals surface area contributed by atoms with Crippen molar-refractivity contribution in [3.8, 4) is 5.69 Å². The van der Waals surface area contributed by atoms with Crippen molar-refractivity contribution in [2.24, 2.45) is 0 Å². The molecule has 0 bridgehead atoms. The maximum absolute atomic E-state index is 12.3. The van der Waals surface area contributed by atoms with E-state index < -0.39 is 0 Å². The number of hydrogen-bond acceptors (Lipinski definition) is 3. The summed E-state index contributed by atoms with van der Waals surface area (Å²) >= 11 is 3.40. The van der Waals surface area contributed by atoms with Crippen molar-refractivity contribution in [1.82, 2.24) is 20.1 Å². The van der Waals surface area contributed by atoms with E-state index in [2.05, 4.69) is 31.3 Å². The van der Waals surface area contributed by atoms with E-state index in [1.807, 2.05) is 49.4 Å². The van der Waals surface area contributed by atoms with Crippen LogP contribution in [-0.4, -0.2) is 20.7 Å². The Kier molecular flexibility index (Phi) is 4.52. The number of halogens is 1. The number of nitrogens with zero attached hydrogens (tertiary/aromatic N) is 3. The molecule has 1 aromatic heterocycles. The second-order valence-electron chi connectivity index (χ2n) is 5.11. The Labute approximate surface area is 142 Å². The number of amides is 1. The predicted molar refractivity (Wildman–Crippen MR) is 91.4 cm³/mol. The van der Waals surface area contributed by atoms with Crippen LogP contribution in [0.15, 0.2) is 65.7 Å².